The second kappa shape index (κ2) is 5.83. The summed E-state index contributed by atoms with van der Waals surface area (Å²) in [5.41, 5.74) is 1.17. The van der Waals surface area contributed by atoms with E-state index in [0.717, 1.165) is 38.0 Å². The summed E-state index contributed by atoms with van der Waals surface area (Å²) in [6, 6.07) is 6.93. The van der Waals surface area contributed by atoms with Crippen molar-refractivity contribution < 1.29 is 4.39 Å². The van der Waals surface area contributed by atoms with E-state index in [4.69, 9.17) is 5.26 Å². The number of benzene rings is 1. The highest BCUT2D eigenvalue weighted by Gasteiger charge is 2.17. The molecule has 0 aliphatic carbocycles. The average Bonchev–Trinajstić information content (AvgIpc) is 2.65. The Bertz CT molecular complexity index is 445. The Morgan fingerprint density at radius 2 is 2.17 bits per heavy atom. The fraction of sp³-hybridized carbons (Fsp3) is 0.500. The first kappa shape index (κ1) is 12.8. The second-order valence-electron chi connectivity index (χ2n) is 4.76. The zero-order chi connectivity index (χ0) is 13.0. The van der Waals surface area contributed by atoms with Crippen LogP contribution in [-0.4, -0.2) is 26.2 Å². The van der Waals surface area contributed by atoms with Gasteiger partial charge in [-0.15, -0.1) is 0 Å². The molecule has 0 radical (unpaired) electrons. The highest BCUT2D eigenvalue weighted by atomic mass is 19.1. The van der Waals surface area contributed by atoms with Crippen LogP contribution in [0.5, 0.6) is 0 Å². The standard InChI is InChI=1S/C14H18FN3/c1-18(13-3-2-5-17-6-4-13)14-8-11(10-16)7-12(15)9-14/h7-9,13,17H,2-6H2,1H3. The van der Waals surface area contributed by atoms with Crippen LogP contribution < -0.4 is 10.2 Å². The van der Waals surface area contributed by atoms with E-state index in [1.54, 1.807) is 6.07 Å². The molecule has 1 N–H and O–H groups in total. The molecule has 0 spiro atoms. The van der Waals surface area contributed by atoms with E-state index >= 15 is 0 Å². The van der Waals surface area contributed by atoms with Crippen LogP contribution in [0, 0.1) is 17.1 Å². The highest BCUT2D eigenvalue weighted by Crippen LogP contribution is 2.22. The smallest absolute Gasteiger partial charge is 0.126 e. The Balaban J connectivity index is 2.19. The lowest BCUT2D eigenvalue weighted by atomic mass is 10.1. The van der Waals surface area contributed by atoms with E-state index in [0.29, 0.717) is 11.6 Å². The van der Waals surface area contributed by atoms with Gasteiger partial charge in [-0.05, 0) is 50.6 Å². The summed E-state index contributed by atoms with van der Waals surface area (Å²) >= 11 is 0. The molecule has 1 heterocycles. The quantitative estimate of drug-likeness (QED) is 0.871. The van der Waals surface area contributed by atoms with Gasteiger partial charge in [-0.25, -0.2) is 4.39 Å². The summed E-state index contributed by atoms with van der Waals surface area (Å²) in [4.78, 5) is 2.09. The van der Waals surface area contributed by atoms with Gasteiger partial charge in [0.05, 0.1) is 11.6 Å². The average molecular weight is 247 g/mol. The molecular weight excluding hydrogens is 229 g/mol. The Hall–Kier alpha value is -1.60. The van der Waals surface area contributed by atoms with Crippen LogP contribution in [0.4, 0.5) is 10.1 Å². The molecule has 0 saturated carbocycles. The van der Waals surface area contributed by atoms with E-state index in [1.165, 1.54) is 12.1 Å². The molecule has 0 bridgehead atoms. The van der Waals surface area contributed by atoms with Crippen molar-refractivity contribution in [3.05, 3.63) is 29.6 Å². The molecule has 0 aromatic heterocycles. The molecule has 1 atom stereocenters. The monoisotopic (exact) mass is 247 g/mol. The zero-order valence-electron chi connectivity index (χ0n) is 10.6. The number of anilines is 1. The van der Waals surface area contributed by atoms with Gasteiger partial charge in [-0.2, -0.15) is 5.26 Å². The third-order valence-corrected chi connectivity index (χ3v) is 3.51. The van der Waals surface area contributed by atoms with Crippen molar-refractivity contribution in [1.29, 1.82) is 5.26 Å². The van der Waals surface area contributed by atoms with Gasteiger partial charge < -0.3 is 10.2 Å². The molecule has 1 aliphatic rings. The lowest BCUT2D eigenvalue weighted by Gasteiger charge is -2.29. The summed E-state index contributed by atoms with van der Waals surface area (Å²) in [6.07, 6.45) is 3.28. The number of nitriles is 1. The van der Waals surface area contributed by atoms with Crippen LogP contribution in [0.1, 0.15) is 24.8 Å². The van der Waals surface area contributed by atoms with Crippen molar-refractivity contribution in [3.8, 4) is 6.07 Å². The van der Waals surface area contributed by atoms with Crippen molar-refractivity contribution in [2.45, 2.75) is 25.3 Å². The van der Waals surface area contributed by atoms with Crippen molar-refractivity contribution in [2.24, 2.45) is 0 Å². The molecule has 1 unspecified atom stereocenters. The van der Waals surface area contributed by atoms with E-state index in [1.807, 2.05) is 13.1 Å². The fourth-order valence-electron chi connectivity index (χ4n) is 2.44. The van der Waals surface area contributed by atoms with Crippen LogP contribution in [0.15, 0.2) is 18.2 Å². The molecule has 1 aromatic carbocycles. The van der Waals surface area contributed by atoms with E-state index in [-0.39, 0.29) is 5.82 Å². The minimum atomic E-state index is -0.345. The SMILES string of the molecule is CN(c1cc(F)cc(C#N)c1)C1CCCNCC1. The summed E-state index contributed by atoms with van der Waals surface area (Å²) in [6.45, 7) is 2.05. The number of hydrogen-bond acceptors (Lipinski definition) is 3. The van der Waals surface area contributed by atoms with Crippen molar-refractivity contribution in [1.82, 2.24) is 5.32 Å². The minimum Gasteiger partial charge on any atom is -0.371 e. The maximum absolute atomic E-state index is 13.4. The predicted molar refractivity (Wildman–Crippen MR) is 70.0 cm³/mol. The molecule has 3 nitrogen and oxygen atoms in total. The predicted octanol–water partition coefficient (Wildman–Crippen LogP) is 2.28. The molecule has 1 aliphatic heterocycles. The number of nitrogens with zero attached hydrogens (tertiary/aromatic N) is 2. The molecule has 1 aromatic rings. The first-order chi connectivity index (χ1) is 8.70. The molecule has 96 valence electrons. The second-order valence-corrected chi connectivity index (χ2v) is 4.76. The molecular formula is C14H18FN3. The molecule has 4 heteroatoms. The fourth-order valence-corrected chi connectivity index (χ4v) is 2.44. The lowest BCUT2D eigenvalue weighted by molar-refractivity contribution is 0.564. The van der Waals surface area contributed by atoms with Gasteiger partial charge in [0.1, 0.15) is 5.82 Å². The van der Waals surface area contributed by atoms with Crippen LogP contribution >= 0.6 is 0 Å². The lowest BCUT2D eigenvalue weighted by Crippen LogP contribution is -2.32. The van der Waals surface area contributed by atoms with Crippen molar-refractivity contribution >= 4 is 5.69 Å². The normalized spacial score (nSPS) is 19.9. The summed E-state index contributed by atoms with van der Waals surface area (Å²) in [5, 5.41) is 12.2. The van der Waals surface area contributed by atoms with Gasteiger partial charge in [0.15, 0.2) is 0 Å². The largest absolute Gasteiger partial charge is 0.371 e. The van der Waals surface area contributed by atoms with Crippen LogP contribution in [-0.2, 0) is 0 Å². The Labute approximate surface area is 107 Å². The maximum Gasteiger partial charge on any atom is 0.126 e. The topological polar surface area (TPSA) is 39.1 Å². The molecule has 2 rings (SSSR count). The number of halogens is 1. The molecule has 1 saturated heterocycles. The van der Waals surface area contributed by atoms with Gasteiger partial charge >= 0.3 is 0 Å². The Morgan fingerprint density at radius 3 is 2.94 bits per heavy atom. The highest BCUT2D eigenvalue weighted by molar-refractivity contribution is 5.52. The van der Waals surface area contributed by atoms with Crippen molar-refractivity contribution in [2.75, 3.05) is 25.0 Å². The minimum absolute atomic E-state index is 0.345. The first-order valence-electron chi connectivity index (χ1n) is 6.35. The number of hydrogen-bond donors (Lipinski definition) is 1. The number of nitrogens with one attached hydrogen (secondary N) is 1. The van der Waals surface area contributed by atoms with E-state index < -0.39 is 0 Å². The third-order valence-electron chi connectivity index (χ3n) is 3.51. The van der Waals surface area contributed by atoms with Gasteiger partial charge in [0.2, 0.25) is 0 Å². The zero-order valence-corrected chi connectivity index (χ0v) is 10.6. The van der Waals surface area contributed by atoms with Crippen LogP contribution in [0.25, 0.3) is 0 Å². The Kier molecular flexibility index (Phi) is 4.16. The third kappa shape index (κ3) is 2.99. The molecule has 18 heavy (non-hydrogen) atoms. The summed E-state index contributed by atoms with van der Waals surface area (Å²) in [5.74, 6) is -0.345. The van der Waals surface area contributed by atoms with E-state index in [9.17, 15) is 4.39 Å². The van der Waals surface area contributed by atoms with Gasteiger partial charge in [-0.1, -0.05) is 0 Å². The van der Waals surface area contributed by atoms with Crippen LogP contribution in [0.2, 0.25) is 0 Å². The van der Waals surface area contributed by atoms with Crippen molar-refractivity contribution in [3.63, 3.8) is 0 Å². The molecule has 0 amide bonds. The van der Waals surface area contributed by atoms with Gasteiger partial charge in [0.25, 0.3) is 0 Å². The Morgan fingerprint density at radius 1 is 1.33 bits per heavy atom. The number of rotatable bonds is 2. The summed E-state index contributed by atoms with van der Waals surface area (Å²) < 4.78 is 13.4. The van der Waals surface area contributed by atoms with Gasteiger partial charge in [0, 0.05) is 18.8 Å². The van der Waals surface area contributed by atoms with Crippen LogP contribution in [0.3, 0.4) is 0 Å². The molecule has 1 fully saturated rings. The maximum atomic E-state index is 13.4. The van der Waals surface area contributed by atoms with E-state index in [2.05, 4.69) is 10.2 Å². The summed E-state index contributed by atoms with van der Waals surface area (Å²) in [7, 11) is 1.98. The first-order valence-corrected chi connectivity index (χ1v) is 6.35. The van der Waals surface area contributed by atoms with Gasteiger partial charge in [-0.3, -0.25) is 0 Å².